The molecule has 0 spiro atoms. The van der Waals surface area contributed by atoms with Gasteiger partial charge in [0, 0.05) is 31.2 Å². The van der Waals surface area contributed by atoms with Gasteiger partial charge in [0.15, 0.2) is 0 Å². The van der Waals surface area contributed by atoms with Gasteiger partial charge in [-0.1, -0.05) is 0 Å². The van der Waals surface area contributed by atoms with Crippen LogP contribution in [0.25, 0.3) is 0 Å². The highest BCUT2D eigenvalue weighted by atomic mass is 16.5. The molecule has 3 N–H and O–H groups in total. The lowest BCUT2D eigenvalue weighted by molar-refractivity contribution is -0.0395. The van der Waals surface area contributed by atoms with Gasteiger partial charge in [0.1, 0.15) is 0 Å². The van der Waals surface area contributed by atoms with Crippen molar-refractivity contribution in [1.29, 1.82) is 0 Å². The molecule has 1 heterocycles. The molecular formula is C10H22N2O2. The van der Waals surface area contributed by atoms with Crippen LogP contribution in [0, 0.1) is 5.92 Å². The Morgan fingerprint density at radius 3 is 2.43 bits per heavy atom. The molecule has 84 valence electrons. The van der Waals surface area contributed by atoms with Crippen molar-refractivity contribution in [2.24, 2.45) is 11.7 Å². The van der Waals surface area contributed by atoms with Crippen LogP contribution in [0.3, 0.4) is 0 Å². The molecule has 1 atom stereocenters. The standard InChI is InChI=1S/C10H22N2O2/c1-10(2,9(7-11)8-13)12-3-5-14-6-4-12/h9,13H,3-8,11H2,1-2H3/t9-/m0/s1. The smallest absolute Gasteiger partial charge is 0.0594 e. The van der Waals surface area contributed by atoms with E-state index in [4.69, 9.17) is 10.5 Å². The van der Waals surface area contributed by atoms with Crippen LogP contribution in [0.2, 0.25) is 0 Å². The lowest BCUT2D eigenvalue weighted by Gasteiger charge is -2.45. The van der Waals surface area contributed by atoms with Crippen molar-refractivity contribution in [3.05, 3.63) is 0 Å². The van der Waals surface area contributed by atoms with Crippen LogP contribution >= 0.6 is 0 Å². The van der Waals surface area contributed by atoms with Gasteiger partial charge in [0.05, 0.1) is 13.2 Å². The second kappa shape index (κ2) is 5.07. The molecule has 0 aromatic heterocycles. The molecule has 1 saturated heterocycles. The molecule has 1 aliphatic heterocycles. The van der Waals surface area contributed by atoms with Crippen LogP contribution in [0.15, 0.2) is 0 Å². The molecule has 0 saturated carbocycles. The molecule has 0 amide bonds. The van der Waals surface area contributed by atoms with Crippen molar-refractivity contribution in [2.75, 3.05) is 39.5 Å². The van der Waals surface area contributed by atoms with E-state index in [-0.39, 0.29) is 18.1 Å². The van der Waals surface area contributed by atoms with Crippen LogP contribution in [0.5, 0.6) is 0 Å². The van der Waals surface area contributed by atoms with Crippen molar-refractivity contribution in [1.82, 2.24) is 4.90 Å². The van der Waals surface area contributed by atoms with Crippen molar-refractivity contribution in [3.8, 4) is 0 Å². The summed E-state index contributed by atoms with van der Waals surface area (Å²) in [6.07, 6.45) is 0. The van der Waals surface area contributed by atoms with Crippen LogP contribution in [0.1, 0.15) is 13.8 Å². The van der Waals surface area contributed by atoms with E-state index in [9.17, 15) is 5.11 Å². The highest BCUT2D eigenvalue weighted by Gasteiger charge is 2.34. The zero-order chi connectivity index (χ0) is 10.6. The molecule has 1 fully saturated rings. The van der Waals surface area contributed by atoms with Gasteiger partial charge in [-0.3, -0.25) is 4.90 Å². The number of nitrogens with zero attached hydrogens (tertiary/aromatic N) is 1. The number of aliphatic hydroxyl groups excluding tert-OH is 1. The maximum atomic E-state index is 9.25. The summed E-state index contributed by atoms with van der Waals surface area (Å²) < 4.78 is 5.31. The van der Waals surface area contributed by atoms with Gasteiger partial charge >= 0.3 is 0 Å². The molecule has 14 heavy (non-hydrogen) atoms. The molecule has 4 heteroatoms. The highest BCUT2D eigenvalue weighted by Crippen LogP contribution is 2.24. The van der Waals surface area contributed by atoms with Crippen LogP contribution in [-0.2, 0) is 4.74 Å². The number of morpholine rings is 1. The lowest BCUT2D eigenvalue weighted by atomic mass is 9.86. The Morgan fingerprint density at radius 1 is 1.43 bits per heavy atom. The monoisotopic (exact) mass is 202 g/mol. The van der Waals surface area contributed by atoms with E-state index in [2.05, 4.69) is 18.7 Å². The topological polar surface area (TPSA) is 58.7 Å². The predicted molar refractivity (Wildman–Crippen MR) is 56.1 cm³/mol. The molecule has 0 radical (unpaired) electrons. The average Bonchev–Trinajstić information content (AvgIpc) is 2.20. The molecule has 0 aromatic carbocycles. The van der Waals surface area contributed by atoms with Crippen LogP contribution in [-0.4, -0.2) is 55.0 Å². The van der Waals surface area contributed by atoms with Gasteiger partial charge in [-0.25, -0.2) is 0 Å². The van der Waals surface area contributed by atoms with Crippen molar-refractivity contribution in [2.45, 2.75) is 19.4 Å². The molecule has 0 aliphatic carbocycles. The number of hydrogen-bond acceptors (Lipinski definition) is 4. The minimum atomic E-state index is -0.0344. The third kappa shape index (κ3) is 2.45. The molecule has 0 aromatic rings. The van der Waals surface area contributed by atoms with E-state index in [0.717, 1.165) is 26.3 Å². The van der Waals surface area contributed by atoms with Crippen molar-refractivity contribution < 1.29 is 9.84 Å². The Hall–Kier alpha value is -0.160. The zero-order valence-corrected chi connectivity index (χ0v) is 9.20. The summed E-state index contributed by atoms with van der Waals surface area (Å²) in [5.41, 5.74) is 5.62. The van der Waals surface area contributed by atoms with E-state index < -0.39 is 0 Å². The summed E-state index contributed by atoms with van der Waals surface area (Å²) in [6.45, 7) is 8.41. The fourth-order valence-corrected chi connectivity index (χ4v) is 1.98. The average molecular weight is 202 g/mol. The first-order valence-corrected chi connectivity index (χ1v) is 5.26. The molecule has 1 aliphatic rings. The van der Waals surface area contributed by atoms with Gasteiger partial charge in [0.2, 0.25) is 0 Å². The third-order valence-corrected chi connectivity index (χ3v) is 3.33. The largest absolute Gasteiger partial charge is 0.396 e. The van der Waals surface area contributed by atoms with Crippen molar-refractivity contribution in [3.63, 3.8) is 0 Å². The van der Waals surface area contributed by atoms with E-state index >= 15 is 0 Å². The molecule has 0 unspecified atom stereocenters. The highest BCUT2D eigenvalue weighted by molar-refractivity contribution is 4.89. The van der Waals surface area contributed by atoms with Crippen LogP contribution in [0.4, 0.5) is 0 Å². The zero-order valence-electron chi connectivity index (χ0n) is 9.20. The van der Waals surface area contributed by atoms with Gasteiger partial charge in [-0.15, -0.1) is 0 Å². The fraction of sp³-hybridized carbons (Fsp3) is 1.00. The number of nitrogens with two attached hydrogens (primary N) is 1. The Morgan fingerprint density at radius 2 is 2.00 bits per heavy atom. The number of hydrogen-bond donors (Lipinski definition) is 2. The van der Waals surface area contributed by atoms with Crippen LogP contribution < -0.4 is 5.73 Å². The Bertz CT molecular complexity index is 164. The summed E-state index contributed by atoms with van der Waals surface area (Å²) in [5, 5.41) is 9.25. The third-order valence-electron chi connectivity index (χ3n) is 3.33. The van der Waals surface area contributed by atoms with Crippen molar-refractivity contribution >= 4 is 0 Å². The first kappa shape index (κ1) is 11.9. The van der Waals surface area contributed by atoms with Gasteiger partial charge in [-0.05, 0) is 20.4 Å². The maximum absolute atomic E-state index is 9.25. The SMILES string of the molecule is CC(C)([C@@H](CN)CO)N1CCOCC1. The van der Waals surface area contributed by atoms with E-state index in [1.54, 1.807) is 0 Å². The minimum absolute atomic E-state index is 0.0344. The first-order valence-electron chi connectivity index (χ1n) is 5.26. The maximum Gasteiger partial charge on any atom is 0.0594 e. The van der Waals surface area contributed by atoms with E-state index in [0.29, 0.717) is 6.54 Å². The number of rotatable bonds is 4. The molecule has 4 nitrogen and oxygen atoms in total. The summed E-state index contributed by atoms with van der Waals surface area (Å²) in [5.74, 6) is 0.139. The lowest BCUT2D eigenvalue weighted by Crippen LogP contribution is -2.56. The Kier molecular flexibility index (Phi) is 4.31. The number of ether oxygens (including phenoxy) is 1. The van der Waals surface area contributed by atoms with Gasteiger partial charge in [-0.2, -0.15) is 0 Å². The summed E-state index contributed by atoms with van der Waals surface area (Å²) >= 11 is 0. The van der Waals surface area contributed by atoms with E-state index in [1.807, 2.05) is 0 Å². The first-order chi connectivity index (χ1) is 6.62. The molecule has 0 bridgehead atoms. The summed E-state index contributed by atoms with van der Waals surface area (Å²) in [6, 6.07) is 0. The molecular weight excluding hydrogens is 180 g/mol. The predicted octanol–water partition coefficient (Wildman–Crippen LogP) is -0.336. The summed E-state index contributed by atoms with van der Waals surface area (Å²) in [4.78, 5) is 2.35. The second-order valence-electron chi connectivity index (χ2n) is 4.37. The fourth-order valence-electron chi connectivity index (χ4n) is 1.98. The van der Waals surface area contributed by atoms with Gasteiger partial charge in [0.25, 0.3) is 0 Å². The second-order valence-corrected chi connectivity index (χ2v) is 4.37. The van der Waals surface area contributed by atoms with Gasteiger partial charge < -0.3 is 15.6 Å². The summed E-state index contributed by atoms with van der Waals surface area (Å²) in [7, 11) is 0. The quantitative estimate of drug-likeness (QED) is 0.655. The Labute approximate surface area is 86.0 Å². The van der Waals surface area contributed by atoms with E-state index in [1.165, 1.54) is 0 Å². The normalized spacial score (nSPS) is 22.3. The minimum Gasteiger partial charge on any atom is -0.396 e. The number of aliphatic hydroxyl groups is 1. The Balaban J connectivity index is 2.60. The molecule has 1 rings (SSSR count).